The number of aromatic nitrogens is 2. The summed E-state index contributed by atoms with van der Waals surface area (Å²) in [5, 5.41) is 4.50. The van der Waals surface area contributed by atoms with Crippen LogP contribution in [0.5, 0.6) is 0 Å². The summed E-state index contributed by atoms with van der Waals surface area (Å²) < 4.78 is 25.8. The summed E-state index contributed by atoms with van der Waals surface area (Å²) in [4.78, 5) is 2.08. The van der Waals surface area contributed by atoms with Gasteiger partial charge in [-0.1, -0.05) is 13.8 Å². The van der Waals surface area contributed by atoms with Gasteiger partial charge in [-0.15, -0.1) is 0 Å². The second-order valence-electron chi connectivity index (χ2n) is 4.90. The van der Waals surface area contributed by atoms with Crippen LogP contribution in [-0.2, 0) is 9.84 Å². The molecule has 0 saturated carbocycles. The van der Waals surface area contributed by atoms with Crippen LogP contribution in [0.25, 0.3) is 0 Å². The summed E-state index contributed by atoms with van der Waals surface area (Å²) in [5.74, 6) is 0.727. The lowest BCUT2D eigenvalue weighted by atomic mass is 10.2. The lowest BCUT2D eigenvalue weighted by Gasteiger charge is -2.19. The van der Waals surface area contributed by atoms with Crippen LogP contribution in [0.3, 0.4) is 0 Å². The molecular weight excluding hydrogens is 276 g/mol. The van der Waals surface area contributed by atoms with Crippen LogP contribution in [0.15, 0.2) is 4.90 Å². The molecular formula is C13H26N4O2S. The van der Waals surface area contributed by atoms with E-state index in [9.17, 15) is 8.42 Å². The Labute approximate surface area is 121 Å². The van der Waals surface area contributed by atoms with Gasteiger partial charge in [0.25, 0.3) is 0 Å². The lowest BCUT2D eigenvalue weighted by Crippen LogP contribution is -2.24. The standard InChI is InChI=1S/C13H26N4O2S/c1-6-10(7-2)17-12(14)11(20(5,18)19)13(15-17)16(8-3)9-4/h10H,6-9,14H2,1-5H3. The molecule has 0 saturated heterocycles. The van der Waals surface area contributed by atoms with Crippen molar-refractivity contribution in [1.29, 1.82) is 0 Å². The molecule has 1 aromatic rings. The van der Waals surface area contributed by atoms with E-state index in [0.29, 0.717) is 18.9 Å². The van der Waals surface area contributed by atoms with Gasteiger partial charge >= 0.3 is 0 Å². The first kappa shape index (κ1) is 16.8. The average molecular weight is 302 g/mol. The minimum Gasteiger partial charge on any atom is -0.383 e. The summed E-state index contributed by atoms with van der Waals surface area (Å²) in [6.45, 7) is 9.43. The number of hydrogen-bond donors (Lipinski definition) is 1. The molecule has 0 amide bonds. The smallest absolute Gasteiger partial charge is 0.182 e. The minimum atomic E-state index is -3.41. The quantitative estimate of drug-likeness (QED) is 0.834. The van der Waals surface area contributed by atoms with Crippen molar-refractivity contribution in [2.45, 2.75) is 51.5 Å². The number of nitrogens with two attached hydrogens (primary N) is 1. The molecule has 0 aliphatic rings. The second kappa shape index (κ2) is 6.47. The summed E-state index contributed by atoms with van der Waals surface area (Å²) in [6.07, 6.45) is 2.91. The van der Waals surface area contributed by atoms with Gasteiger partial charge < -0.3 is 10.6 Å². The Morgan fingerprint density at radius 1 is 1.20 bits per heavy atom. The van der Waals surface area contributed by atoms with Crippen LogP contribution >= 0.6 is 0 Å². The second-order valence-corrected chi connectivity index (χ2v) is 6.85. The number of nitrogen functional groups attached to an aromatic ring is 1. The van der Waals surface area contributed by atoms with E-state index in [1.165, 1.54) is 6.26 Å². The Bertz CT molecular complexity index is 543. The maximum Gasteiger partial charge on any atom is 0.182 e. The molecule has 0 aliphatic heterocycles. The van der Waals surface area contributed by atoms with Crippen molar-refractivity contribution >= 4 is 21.5 Å². The molecule has 0 fully saturated rings. The van der Waals surface area contributed by atoms with Crippen molar-refractivity contribution in [2.24, 2.45) is 0 Å². The van der Waals surface area contributed by atoms with Crippen LogP contribution in [0, 0.1) is 0 Å². The molecule has 0 atom stereocenters. The molecule has 116 valence electrons. The van der Waals surface area contributed by atoms with Crippen LogP contribution in [0.2, 0.25) is 0 Å². The van der Waals surface area contributed by atoms with Gasteiger partial charge in [0.15, 0.2) is 20.6 Å². The predicted molar refractivity (Wildman–Crippen MR) is 82.9 cm³/mol. The summed E-state index contributed by atoms with van der Waals surface area (Å²) in [6, 6.07) is 0.125. The zero-order chi connectivity index (χ0) is 15.5. The van der Waals surface area contributed by atoms with Gasteiger partial charge in [0.1, 0.15) is 5.82 Å². The third-order valence-electron chi connectivity index (χ3n) is 3.61. The molecule has 1 aromatic heterocycles. The van der Waals surface area contributed by atoms with Gasteiger partial charge in [0.2, 0.25) is 0 Å². The molecule has 1 heterocycles. The topological polar surface area (TPSA) is 81.2 Å². The number of sulfone groups is 1. The molecule has 0 radical (unpaired) electrons. The molecule has 0 bridgehead atoms. The van der Waals surface area contributed by atoms with Crippen molar-refractivity contribution in [3.05, 3.63) is 0 Å². The van der Waals surface area contributed by atoms with Crippen LogP contribution < -0.4 is 10.6 Å². The van der Waals surface area contributed by atoms with Crippen LogP contribution in [0.1, 0.15) is 46.6 Å². The summed E-state index contributed by atoms with van der Waals surface area (Å²) in [7, 11) is -3.41. The Morgan fingerprint density at radius 3 is 2.05 bits per heavy atom. The monoisotopic (exact) mass is 302 g/mol. The summed E-state index contributed by atoms with van der Waals surface area (Å²) in [5.41, 5.74) is 6.08. The van der Waals surface area contributed by atoms with Crippen LogP contribution in [-0.4, -0.2) is 37.5 Å². The highest BCUT2D eigenvalue weighted by atomic mass is 32.2. The van der Waals surface area contributed by atoms with Crippen molar-refractivity contribution in [3.63, 3.8) is 0 Å². The van der Waals surface area contributed by atoms with E-state index in [4.69, 9.17) is 5.73 Å². The molecule has 0 unspecified atom stereocenters. The largest absolute Gasteiger partial charge is 0.383 e. The van der Waals surface area contributed by atoms with Gasteiger partial charge in [-0.3, -0.25) is 0 Å². The molecule has 2 N–H and O–H groups in total. The van der Waals surface area contributed by atoms with E-state index >= 15 is 0 Å². The van der Waals surface area contributed by atoms with E-state index in [2.05, 4.69) is 5.10 Å². The highest BCUT2D eigenvalue weighted by Gasteiger charge is 2.28. The molecule has 6 nitrogen and oxygen atoms in total. The van der Waals surface area contributed by atoms with Gasteiger partial charge in [-0.05, 0) is 26.7 Å². The Kier molecular flexibility index (Phi) is 5.44. The Hall–Kier alpha value is -1.24. The van der Waals surface area contributed by atoms with E-state index < -0.39 is 9.84 Å². The molecule has 1 rings (SSSR count). The predicted octanol–water partition coefficient (Wildman–Crippen LogP) is 2.08. The summed E-state index contributed by atoms with van der Waals surface area (Å²) >= 11 is 0. The van der Waals surface area contributed by atoms with E-state index in [1.807, 2.05) is 32.6 Å². The van der Waals surface area contributed by atoms with Gasteiger partial charge in [-0.2, -0.15) is 5.10 Å². The first-order valence-corrected chi connectivity index (χ1v) is 9.03. The highest BCUT2D eigenvalue weighted by molar-refractivity contribution is 7.91. The fourth-order valence-corrected chi connectivity index (χ4v) is 3.39. The highest BCUT2D eigenvalue weighted by Crippen LogP contribution is 2.33. The molecule has 0 spiro atoms. The molecule has 7 heteroatoms. The van der Waals surface area contributed by atoms with Gasteiger partial charge in [0.05, 0.1) is 6.04 Å². The normalized spacial score (nSPS) is 12.1. The van der Waals surface area contributed by atoms with Crippen molar-refractivity contribution < 1.29 is 8.42 Å². The third-order valence-corrected chi connectivity index (χ3v) is 4.74. The van der Waals surface area contributed by atoms with Crippen LogP contribution in [0.4, 0.5) is 11.6 Å². The fourth-order valence-electron chi connectivity index (χ4n) is 2.42. The Morgan fingerprint density at radius 2 is 1.70 bits per heavy atom. The average Bonchev–Trinajstić information content (AvgIpc) is 2.70. The maximum absolute atomic E-state index is 12.1. The first-order chi connectivity index (χ1) is 9.31. The minimum absolute atomic E-state index is 0.125. The SMILES string of the molecule is CCC(CC)n1nc(N(CC)CC)c(S(C)(=O)=O)c1N. The van der Waals surface area contributed by atoms with Crippen molar-refractivity contribution in [2.75, 3.05) is 30.0 Å². The number of hydrogen-bond acceptors (Lipinski definition) is 5. The van der Waals surface area contributed by atoms with Crippen molar-refractivity contribution in [1.82, 2.24) is 9.78 Å². The number of anilines is 2. The third kappa shape index (κ3) is 3.08. The zero-order valence-electron chi connectivity index (χ0n) is 13.0. The van der Waals surface area contributed by atoms with E-state index in [-0.39, 0.29) is 16.8 Å². The first-order valence-electron chi connectivity index (χ1n) is 7.14. The maximum atomic E-state index is 12.1. The fraction of sp³-hybridized carbons (Fsp3) is 0.769. The number of nitrogens with zero attached hydrogens (tertiary/aromatic N) is 3. The number of rotatable bonds is 7. The zero-order valence-corrected chi connectivity index (χ0v) is 13.9. The lowest BCUT2D eigenvalue weighted by molar-refractivity contribution is 0.434. The molecule has 20 heavy (non-hydrogen) atoms. The molecule has 0 aliphatic carbocycles. The van der Waals surface area contributed by atoms with Gasteiger partial charge in [0, 0.05) is 19.3 Å². The van der Waals surface area contributed by atoms with E-state index in [1.54, 1.807) is 4.68 Å². The van der Waals surface area contributed by atoms with E-state index in [0.717, 1.165) is 12.8 Å². The van der Waals surface area contributed by atoms with Crippen molar-refractivity contribution in [3.8, 4) is 0 Å². The Balaban J connectivity index is 3.54. The van der Waals surface area contributed by atoms with Gasteiger partial charge in [-0.25, -0.2) is 13.1 Å². The molecule has 0 aromatic carbocycles.